The molecule has 0 radical (unpaired) electrons. The molecular weight excluding hydrogens is 548 g/mol. The molecule has 1 aliphatic rings. The van der Waals surface area contributed by atoms with Crippen molar-refractivity contribution in [2.75, 3.05) is 13.1 Å². The van der Waals surface area contributed by atoms with Crippen molar-refractivity contribution in [2.45, 2.75) is 24.6 Å². The van der Waals surface area contributed by atoms with E-state index in [0.717, 1.165) is 27.9 Å². The lowest BCUT2D eigenvalue weighted by Gasteiger charge is -2.38. The number of para-hydroxylation sites is 1. The summed E-state index contributed by atoms with van der Waals surface area (Å²) in [6.45, 7) is -1.17. The van der Waals surface area contributed by atoms with E-state index in [1.54, 1.807) is 12.1 Å². The van der Waals surface area contributed by atoms with Crippen LogP contribution in [0, 0.1) is 5.82 Å². The van der Waals surface area contributed by atoms with Crippen LogP contribution in [0.15, 0.2) is 60.9 Å². The highest BCUT2D eigenvalue weighted by atomic mass is 19.4. The maximum atomic E-state index is 14.9. The number of hydrogen-bond donors (Lipinski definition) is 0. The number of halogens is 6. The summed E-state index contributed by atoms with van der Waals surface area (Å²) in [6, 6.07) is 10.2. The third-order valence-corrected chi connectivity index (χ3v) is 5.98. The van der Waals surface area contributed by atoms with Gasteiger partial charge in [-0.1, -0.05) is 18.2 Å². The number of carbonyl (C=O) groups excluding carboxylic acids is 2. The van der Waals surface area contributed by atoms with Crippen LogP contribution < -0.4 is 9.47 Å². The quantitative estimate of drug-likeness (QED) is 0.262. The highest BCUT2D eigenvalue weighted by Crippen LogP contribution is 2.37. The molecule has 0 unspecified atom stereocenters. The van der Waals surface area contributed by atoms with Gasteiger partial charge >= 0.3 is 12.1 Å². The monoisotopic (exact) mass is 565 g/mol. The second kappa shape index (κ2) is 10.1. The van der Waals surface area contributed by atoms with E-state index in [-0.39, 0.29) is 22.2 Å². The molecule has 40 heavy (non-hydrogen) atoms. The maximum absolute atomic E-state index is 14.9. The summed E-state index contributed by atoms with van der Waals surface area (Å²) in [6.07, 6.45) is -5.68. The Kier molecular flexibility index (Phi) is 6.81. The highest BCUT2D eigenvalue weighted by molar-refractivity contribution is 5.95. The number of carbonyl (C=O) groups is 2. The minimum absolute atomic E-state index is 0.111. The van der Waals surface area contributed by atoms with Gasteiger partial charge in [0.25, 0.3) is 17.7 Å². The molecular formula is C25H17F6N5O4. The fourth-order valence-electron chi connectivity index (χ4n) is 4.05. The van der Waals surface area contributed by atoms with Crippen LogP contribution in [0.2, 0.25) is 0 Å². The van der Waals surface area contributed by atoms with Crippen LogP contribution >= 0.6 is 0 Å². The van der Waals surface area contributed by atoms with E-state index in [0.29, 0.717) is 0 Å². The predicted molar refractivity (Wildman–Crippen MR) is 125 cm³/mol. The van der Waals surface area contributed by atoms with Gasteiger partial charge in [0.2, 0.25) is 0 Å². The summed E-state index contributed by atoms with van der Waals surface area (Å²) in [4.78, 5) is 30.7. The van der Waals surface area contributed by atoms with Gasteiger partial charge in [-0.2, -0.15) is 28.2 Å². The molecule has 0 aliphatic carbocycles. The Morgan fingerprint density at radius 2 is 1.75 bits per heavy atom. The van der Waals surface area contributed by atoms with Crippen molar-refractivity contribution in [1.29, 1.82) is 0 Å². The average Bonchev–Trinajstić information content (AvgIpc) is 3.44. The van der Waals surface area contributed by atoms with Crippen LogP contribution in [0.1, 0.15) is 16.8 Å². The maximum Gasteiger partial charge on any atom is 0.491 e. The Balaban J connectivity index is 1.44. The third kappa shape index (κ3) is 5.53. The number of hydrogen-bond acceptors (Lipinski definition) is 7. The number of nitrogens with zero attached hydrogens (tertiary/aromatic N) is 5. The fourth-order valence-corrected chi connectivity index (χ4v) is 4.05. The Hall–Kier alpha value is -4.69. The third-order valence-electron chi connectivity index (χ3n) is 5.98. The van der Waals surface area contributed by atoms with Crippen molar-refractivity contribution in [2.24, 2.45) is 0 Å². The number of alkyl halides is 5. The van der Waals surface area contributed by atoms with Crippen LogP contribution in [0.25, 0.3) is 16.6 Å². The zero-order valence-electron chi connectivity index (χ0n) is 20.1. The van der Waals surface area contributed by atoms with Gasteiger partial charge in [-0.05, 0) is 24.3 Å². The molecule has 0 spiro atoms. The molecule has 2 aromatic heterocycles. The van der Waals surface area contributed by atoms with E-state index < -0.39 is 67.0 Å². The van der Waals surface area contributed by atoms with Gasteiger partial charge in [0.15, 0.2) is 11.9 Å². The van der Waals surface area contributed by atoms with Gasteiger partial charge in [0, 0.05) is 30.0 Å². The van der Waals surface area contributed by atoms with Crippen LogP contribution in [-0.2, 0) is 4.79 Å². The summed E-state index contributed by atoms with van der Waals surface area (Å²) in [5, 5.41) is 7.98. The number of ether oxygens (including phenoxy) is 2. The second-order valence-corrected chi connectivity index (χ2v) is 8.76. The number of aromatic nitrogens is 4. The molecule has 1 atom stereocenters. The average molecular weight is 565 g/mol. The molecule has 4 aromatic rings. The van der Waals surface area contributed by atoms with E-state index in [9.17, 15) is 35.9 Å². The van der Waals surface area contributed by atoms with Crippen molar-refractivity contribution in [3.63, 3.8) is 0 Å². The van der Waals surface area contributed by atoms with Crippen molar-refractivity contribution < 1.29 is 45.4 Å². The summed E-state index contributed by atoms with van der Waals surface area (Å²) in [5.74, 6) is -9.40. The number of rotatable bonds is 5. The van der Waals surface area contributed by atoms with Gasteiger partial charge in [0.05, 0.1) is 30.1 Å². The van der Waals surface area contributed by atoms with Gasteiger partial charge in [-0.15, -0.1) is 0 Å². The predicted octanol–water partition coefficient (Wildman–Crippen LogP) is 4.35. The van der Waals surface area contributed by atoms with E-state index in [1.165, 1.54) is 30.6 Å². The number of fused-ring (bicyclic) bond motifs is 1. The Labute approximate surface area is 220 Å². The normalized spacial score (nSPS) is 17.1. The lowest BCUT2D eigenvalue weighted by atomic mass is 10.0. The minimum Gasteiger partial charge on any atom is -0.463 e. The first-order chi connectivity index (χ1) is 18.9. The SMILES string of the molecule is O=C(c1cc(F)cc(-n2nccn2)c1)N1CCC(F)(F)[C@@H](Oc2nc3ccccc3cc2OC(=O)C(F)(F)F)C1. The van der Waals surface area contributed by atoms with Crippen molar-refractivity contribution in [1.82, 2.24) is 24.9 Å². The van der Waals surface area contributed by atoms with Crippen LogP contribution in [-0.4, -0.2) is 68.0 Å². The molecule has 1 aliphatic heterocycles. The zero-order valence-corrected chi connectivity index (χ0v) is 20.1. The van der Waals surface area contributed by atoms with E-state index >= 15 is 0 Å². The van der Waals surface area contributed by atoms with Crippen molar-refractivity contribution in [3.05, 3.63) is 72.3 Å². The molecule has 3 heterocycles. The molecule has 15 heteroatoms. The highest BCUT2D eigenvalue weighted by Gasteiger charge is 2.48. The Morgan fingerprint density at radius 3 is 2.48 bits per heavy atom. The molecule has 1 saturated heterocycles. The number of pyridine rings is 1. The Morgan fingerprint density at radius 1 is 1.02 bits per heavy atom. The largest absolute Gasteiger partial charge is 0.491 e. The van der Waals surface area contributed by atoms with E-state index in [1.807, 2.05) is 0 Å². The van der Waals surface area contributed by atoms with E-state index in [4.69, 9.17) is 4.74 Å². The second-order valence-electron chi connectivity index (χ2n) is 8.76. The molecule has 0 N–H and O–H groups in total. The fraction of sp³-hybridized carbons (Fsp3) is 0.240. The van der Waals surface area contributed by atoms with Crippen LogP contribution in [0.5, 0.6) is 11.6 Å². The first kappa shape index (κ1) is 26.9. The number of benzene rings is 2. The number of piperidine rings is 1. The molecule has 5 rings (SSSR count). The first-order valence-corrected chi connectivity index (χ1v) is 11.6. The standard InChI is InChI=1S/C25H17F6N5O4/c26-16-9-15(10-17(12-16)36-32-6-7-33-36)22(37)35-8-5-24(27,28)20(13-35)40-21-19(39-23(38)25(29,30)31)11-14-3-1-2-4-18(14)34-21/h1-4,6-7,9-12,20H,5,8,13H2/t20-/m0/s1. The van der Waals surface area contributed by atoms with Crippen LogP contribution in [0.4, 0.5) is 26.3 Å². The zero-order chi connectivity index (χ0) is 28.7. The van der Waals surface area contributed by atoms with Gasteiger partial charge in [-0.3, -0.25) is 4.79 Å². The van der Waals surface area contributed by atoms with Gasteiger partial charge in [0.1, 0.15) is 5.82 Å². The molecule has 1 fully saturated rings. The molecule has 0 bridgehead atoms. The van der Waals surface area contributed by atoms with Gasteiger partial charge in [-0.25, -0.2) is 22.9 Å². The molecule has 9 nitrogen and oxygen atoms in total. The van der Waals surface area contributed by atoms with E-state index in [2.05, 4.69) is 19.9 Å². The number of esters is 1. The molecule has 2 aromatic carbocycles. The smallest absolute Gasteiger partial charge is 0.463 e. The molecule has 1 amide bonds. The summed E-state index contributed by atoms with van der Waals surface area (Å²) in [7, 11) is 0. The number of amides is 1. The summed E-state index contributed by atoms with van der Waals surface area (Å²) >= 11 is 0. The Bertz CT molecular complexity index is 1580. The summed E-state index contributed by atoms with van der Waals surface area (Å²) in [5.41, 5.74) is 0.0933. The lowest BCUT2D eigenvalue weighted by molar-refractivity contribution is -0.190. The summed E-state index contributed by atoms with van der Waals surface area (Å²) < 4.78 is 92.5. The first-order valence-electron chi connectivity index (χ1n) is 11.6. The molecule has 208 valence electrons. The molecule has 0 saturated carbocycles. The number of likely N-dealkylation sites (tertiary alicyclic amines) is 1. The lowest BCUT2D eigenvalue weighted by Crippen LogP contribution is -2.55. The minimum atomic E-state index is -5.38. The van der Waals surface area contributed by atoms with Gasteiger partial charge < -0.3 is 14.4 Å². The van der Waals surface area contributed by atoms with Crippen molar-refractivity contribution in [3.8, 4) is 17.3 Å². The van der Waals surface area contributed by atoms with Crippen molar-refractivity contribution >= 4 is 22.8 Å². The van der Waals surface area contributed by atoms with Crippen LogP contribution in [0.3, 0.4) is 0 Å². The topological polar surface area (TPSA) is 99.4 Å².